The van der Waals surface area contributed by atoms with E-state index in [1.165, 1.54) is 11.8 Å². The van der Waals surface area contributed by atoms with Crippen LogP contribution in [0.25, 0.3) is 5.69 Å². The minimum absolute atomic E-state index is 0.158. The molecule has 0 bridgehead atoms. The van der Waals surface area contributed by atoms with E-state index in [1.807, 2.05) is 55.5 Å². The molecule has 26 heavy (non-hydrogen) atoms. The zero-order chi connectivity index (χ0) is 18.4. The third kappa shape index (κ3) is 4.29. The Balaban J connectivity index is 1.62. The molecular weight excluding hydrogens is 348 g/mol. The molecule has 0 fully saturated rings. The molecule has 0 aliphatic rings. The number of aryl methyl sites for hydroxylation is 1. The van der Waals surface area contributed by atoms with Crippen LogP contribution in [0, 0.1) is 6.92 Å². The van der Waals surface area contributed by atoms with Crippen LogP contribution >= 0.6 is 11.8 Å². The molecule has 0 saturated heterocycles. The summed E-state index contributed by atoms with van der Waals surface area (Å²) in [5.74, 6) is 1.63. The van der Waals surface area contributed by atoms with Gasteiger partial charge in [0.2, 0.25) is 5.16 Å². The number of tetrazole rings is 1. The monoisotopic (exact) mass is 368 g/mol. The fraction of sp³-hybridized carbons (Fsp3) is 0.263. The number of hydrogen-bond acceptors (Lipinski definition) is 6. The molecule has 6 nitrogen and oxygen atoms in total. The molecule has 3 aromatic rings. The first-order valence-corrected chi connectivity index (χ1v) is 9.32. The number of carbonyl (C=O) groups is 1. The van der Waals surface area contributed by atoms with Gasteiger partial charge in [-0.15, -0.1) is 5.10 Å². The van der Waals surface area contributed by atoms with Crippen LogP contribution in [0.2, 0.25) is 0 Å². The molecule has 0 atom stereocenters. The molecule has 1 heterocycles. The van der Waals surface area contributed by atoms with E-state index in [0.29, 0.717) is 17.3 Å². The second-order valence-electron chi connectivity index (χ2n) is 5.79. The van der Waals surface area contributed by atoms with Crippen molar-refractivity contribution in [2.24, 2.45) is 0 Å². The van der Waals surface area contributed by atoms with Gasteiger partial charge in [-0.2, -0.15) is 4.68 Å². The van der Waals surface area contributed by atoms with E-state index in [4.69, 9.17) is 4.74 Å². The van der Waals surface area contributed by atoms with Crippen molar-refractivity contribution in [3.63, 3.8) is 0 Å². The number of thioether (sulfide) groups is 1. The minimum atomic E-state index is 0.158. The van der Waals surface area contributed by atoms with Gasteiger partial charge < -0.3 is 4.74 Å². The largest absolute Gasteiger partial charge is 0.494 e. The minimum Gasteiger partial charge on any atom is -0.494 e. The second kappa shape index (κ2) is 8.62. The van der Waals surface area contributed by atoms with Crippen molar-refractivity contribution in [3.8, 4) is 11.4 Å². The topological polar surface area (TPSA) is 69.9 Å². The first-order valence-electron chi connectivity index (χ1n) is 8.33. The fourth-order valence-corrected chi connectivity index (χ4v) is 3.37. The van der Waals surface area contributed by atoms with Crippen LogP contribution in [0.15, 0.2) is 53.7 Å². The summed E-state index contributed by atoms with van der Waals surface area (Å²) in [6.07, 6.45) is 1.27. The lowest BCUT2D eigenvalue weighted by atomic mass is 10.1. The Labute approximate surface area is 156 Å². The zero-order valence-electron chi connectivity index (χ0n) is 14.8. The summed E-state index contributed by atoms with van der Waals surface area (Å²) in [4.78, 5) is 12.1. The number of nitrogens with zero attached hydrogens (tertiary/aromatic N) is 4. The van der Waals surface area contributed by atoms with Crippen LogP contribution in [0.4, 0.5) is 0 Å². The Bertz CT molecular complexity index is 880. The van der Waals surface area contributed by atoms with Crippen LogP contribution in [-0.2, 0) is 0 Å². The Kier molecular flexibility index (Phi) is 6.01. The molecule has 0 amide bonds. The molecule has 0 aliphatic heterocycles. The first kappa shape index (κ1) is 18.1. The summed E-state index contributed by atoms with van der Waals surface area (Å²) in [6, 6.07) is 15.2. The third-order valence-electron chi connectivity index (χ3n) is 3.88. The average molecular weight is 368 g/mol. The van der Waals surface area contributed by atoms with Crippen molar-refractivity contribution in [3.05, 3.63) is 59.7 Å². The third-order valence-corrected chi connectivity index (χ3v) is 4.88. The van der Waals surface area contributed by atoms with E-state index < -0.39 is 0 Å². The smallest absolute Gasteiger partial charge is 0.214 e. The van der Waals surface area contributed by atoms with Gasteiger partial charge >= 0.3 is 0 Å². The van der Waals surface area contributed by atoms with Gasteiger partial charge in [-0.3, -0.25) is 4.79 Å². The van der Waals surface area contributed by atoms with Gasteiger partial charge in [0.05, 0.1) is 7.11 Å². The quantitative estimate of drug-likeness (QED) is 0.343. The van der Waals surface area contributed by atoms with Gasteiger partial charge in [0.15, 0.2) is 5.78 Å². The Morgan fingerprint density at radius 1 is 1.19 bits per heavy atom. The number of methoxy groups -OCH3 is 1. The lowest BCUT2D eigenvalue weighted by molar-refractivity contribution is 0.0982. The molecule has 0 unspecified atom stereocenters. The summed E-state index contributed by atoms with van der Waals surface area (Å²) >= 11 is 1.53. The molecule has 7 heteroatoms. The van der Waals surface area contributed by atoms with Crippen LogP contribution in [0.3, 0.4) is 0 Å². The number of benzene rings is 2. The van der Waals surface area contributed by atoms with Gasteiger partial charge in [-0.05, 0) is 41.5 Å². The highest BCUT2D eigenvalue weighted by molar-refractivity contribution is 7.99. The Hall–Kier alpha value is -2.67. The number of ketones is 1. The molecule has 134 valence electrons. The number of aromatic nitrogens is 4. The maximum atomic E-state index is 12.1. The summed E-state index contributed by atoms with van der Waals surface area (Å²) in [7, 11) is 1.63. The average Bonchev–Trinajstić information content (AvgIpc) is 3.14. The highest BCUT2D eigenvalue weighted by atomic mass is 32.2. The van der Waals surface area contributed by atoms with E-state index in [1.54, 1.807) is 11.8 Å². The predicted molar refractivity (Wildman–Crippen MR) is 101 cm³/mol. The van der Waals surface area contributed by atoms with E-state index in [0.717, 1.165) is 29.0 Å². The van der Waals surface area contributed by atoms with E-state index in [9.17, 15) is 4.79 Å². The van der Waals surface area contributed by atoms with Crippen molar-refractivity contribution in [2.45, 2.75) is 24.9 Å². The highest BCUT2D eigenvalue weighted by Crippen LogP contribution is 2.27. The predicted octanol–water partition coefficient (Wildman–Crippen LogP) is 3.73. The van der Waals surface area contributed by atoms with Crippen LogP contribution in [0.1, 0.15) is 28.8 Å². The number of ether oxygens (including phenoxy) is 1. The van der Waals surface area contributed by atoms with Crippen molar-refractivity contribution in [1.82, 2.24) is 20.2 Å². The molecule has 3 rings (SSSR count). The van der Waals surface area contributed by atoms with Crippen molar-refractivity contribution >= 4 is 17.5 Å². The fourth-order valence-electron chi connectivity index (χ4n) is 2.55. The SMILES string of the molecule is COc1ccc(C)cc1-n1nnnc1SCCCC(=O)c1ccccc1. The number of hydrogen-bond donors (Lipinski definition) is 0. The molecule has 0 spiro atoms. The number of carbonyl (C=O) groups excluding carboxylic acids is 1. The van der Waals surface area contributed by atoms with Crippen molar-refractivity contribution in [1.29, 1.82) is 0 Å². The molecule has 0 radical (unpaired) electrons. The van der Waals surface area contributed by atoms with Crippen LogP contribution in [-0.4, -0.2) is 38.9 Å². The summed E-state index contributed by atoms with van der Waals surface area (Å²) in [5.41, 5.74) is 2.66. The summed E-state index contributed by atoms with van der Waals surface area (Å²) in [6.45, 7) is 2.01. The molecular formula is C19H20N4O2S. The molecule has 0 N–H and O–H groups in total. The van der Waals surface area contributed by atoms with Crippen LogP contribution < -0.4 is 4.74 Å². The van der Waals surface area contributed by atoms with E-state index in [2.05, 4.69) is 15.5 Å². The lowest BCUT2D eigenvalue weighted by Gasteiger charge is -2.10. The lowest BCUT2D eigenvalue weighted by Crippen LogP contribution is -2.03. The zero-order valence-corrected chi connectivity index (χ0v) is 15.6. The maximum absolute atomic E-state index is 12.1. The van der Waals surface area contributed by atoms with E-state index >= 15 is 0 Å². The highest BCUT2D eigenvalue weighted by Gasteiger charge is 2.14. The van der Waals surface area contributed by atoms with Crippen LogP contribution in [0.5, 0.6) is 5.75 Å². The molecule has 2 aromatic carbocycles. The van der Waals surface area contributed by atoms with Gasteiger partial charge in [0, 0.05) is 17.7 Å². The van der Waals surface area contributed by atoms with Gasteiger partial charge in [0.25, 0.3) is 0 Å². The number of rotatable bonds is 8. The molecule has 0 saturated carbocycles. The maximum Gasteiger partial charge on any atom is 0.214 e. The van der Waals surface area contributed by atoms with Gasteiger partial charge in [0.1, 0.15) is 11.4 Å². The Morgan fingerprint density at radius 2 is 2.00 bits per heavy atom. The van der Waals surface area contributed by atoms with Gasteiger partial charge in [-0.25, -0.2) is 0 Å². The first-order chi connectivity index (χ1) is 12.7. The summed E-state index contributed by atoms with van der Waals surface area (Å²) in [5, 5.41) is 12.6. The van der Waals surface area contributed by atoms with Crippen molar-refractivity contribution < 1.29 is 9.53 Å². The number of Topliss-reactive ketones (excluding diaryl/α,β-unsaturated/α-hetero) is 1. The van der Waals surface area contributed by atoms with Gasteiger partial charge in [-0.1, -0.05) is 48.2 Å². The molecule has 0 aliphatic carbocycles. The van der Waals surface area contributed by atoms with E-state index in [-0.39, 0.29) is 5.78 Å². The molecule has 1 aromatic heterocycles. The normalized spacial score (nSPS) is 10.7. The second-order valence-corrected chi connectivity index (χ2v) is 6.85. The summed E-state index contributed by atoms with van der Waals surface area (Å²) < 4.78 is 7.09. The van der Waals surface area contributed by atoms with Crippen molar-refractivity contribution in [2.75, 3.05) is 12.9 Å². The standard InChI is InChI=1S/C19H20N4O2S/c1-14-10-11-18(25-2)16(13-14)23-19(20-21-22-23)26-12-6-9-17(24)15-7-4-3-5-8-15/h3-5,7-8,10-11,13H,6,9,12H2,1-2H3. The Morgan fingerprint density at radius 3 is 2.77 bits per heavy atom.